The molecule has 8 nitrogen and oxygen atoms in total. The van der Waals surface area contributed by atoms with E-state index in [1.54, 1.807) is 6.92 Å². The molecule has 0 aliphatic heterocycles. The number of carbonyl (C=O) groups excluding carboxylic acids is 2. The number of anilines is 1. The summed E-state index contributed by atoms with van der Waals surface area (Å²) < 4.78 is 30.1. The van der Waals surface area contributed by atoms with Gasteiger partial charge in [0.05, 0.1) is 37.6 Å². The third kappa shape index (κ3) is 4.09. The lowest BCUT2D eigenvalue weighted by Gasteiger charge is -2.11. The molecule has 0 spiro atoms. The zero-order valence-corrected chi connectivity index (χ0v) is 17.0. The standard InChI is InChI=1S/C19H19ClFN3O5/c1-9-8-24(19(26)29-5)17(22)13(9)15(18(25)28-4)23-10(2)11-6-7-12(20)16(27-3)14(11)21/h6-8H,2,22H2,1,3-5H3. The van der Waals surface area contributed by atoms with Crippen LogP contribution in [0.4, 0.5) is 15.0 Å². The van der Waals surface area contributed by atoms with Crippen molar-refractivity contribution in [1.29, 1.82) is 0 Å². The predicted molar refractivity (Wildman–Crippen MR) is 107 cm³/mol. The van der Waals surface area contributed by atoms with Crippen LogP contribution in [0.1, 0.15) is 16.7 Å². The van der Waals surface area contributed by atoms with Crippen LogP contribution in [0.2, 0.25) is 5.02 Å². The second-order valence-corrected chi connectivity index (χ2v) is 6.16. The number of ether oxygens (including phenoxy) is 3. The topological polar surface area (TPSA) is 105 Å². The number of hydrogen-bond donors (Lipinski definition) is 1. The number of esters is 1. The number of nitrogens with two attached hydrogens (primary N) is 1. The van der Waals surface area contributed by atoms with Gasteiger partial charge in [0.15, 0.2) is 17.3 Å². The summed E-state index contributed by atoms with van der Waals surface area (Å²) in [5.74, 6) is -1.94. The van der Waals surface area contributed by atoms with Gasteiger partial charge in [-0.3, -0.25) is 0 Å². The molecule has 0 atom stereocenters. The molecule has 1 aromatic heterocycles. The van der Waals surface area contributed by atoms with Gasteiger partial charge in [-0.1, -0.05) is 18.2 Å². The minimum absolute atomic E-state index is 0.0451. The van der Waals surface area contributed by atoms with Crippen molar-refractivity contribution in [3.63, 3.8) is 0 Å². The minimum atomic E-state index is -0.857. The molecule has 29 heavy (non-hydrogen) atoms. The van der Waals surface area contributed by atoms with Crippen LogP contribution >= 0.6 is 11.6 Å². The van der Waals surface area contributed by atoms with Gasteiger partial charge in [-0.2, -0.15) is 0 Å². The number of carbonyl (C=O) groups is 2. The first-order valence-electron chi connectivity index (χ1n) is 8.12. The largest absolute Gasteiger partial charge is 0.492 e. The average Bonchev–Trinajstić information content (AvgIpc) is 2.99. The smallest absolute Gasteiger partial charge is 0.419 e. The zero-order valence-electron chi connectivity index (χ0n) is 16.2. The Hall–Kier alpha value is -3.33. The average molecular weight is 424 g/mol. The van der Waals surface area contributed by atoms with Crippen LogP contribution in [0.25, 0.3) is 5.70 Å². The van der Waals surface area contributed by atoms with Crippen LogP contribution in [0.5, 0.6) is 5.75 Å². The van der Waals surface area contributed by atoms with Gasteiger partial charge >= 0.3 is 12.1 Å². The Bertz CT molecular complexity index is 1030. The van der Waals surface area contributed by atoms with E-state index < -0.39 is 17.9 Å². The number of aromatic nitrogens is 1. The van der Waals surface area contributed by atoms with Crippen molar-refractivity contribution in [1.82, 2.24) is 4.57 Å². The summed E-state index contributed by atoms with van der Waals surface area (Å²) in [6.07, 6.45) is 0.622. The summed E-state index contributed by atoms with van der Waals surface area (Å²) >= 11 is 5.90. The van der Waals surface area contributed by atoms with Crippen LogP contribution in [-0.4, -0.2) is 43.7 Å². The van der Waals surface area contributed by atoms with E-state index in [0.717, 1.165) is 11.7 Å². The maximum absolute atomic E-state index is 14.7. The van der Waals surface area contributed by atoms with Crippen LogP contribution in [-0.2, 0) is 14.3 Å². The van der Waals surface area contributed by atoms with Crippen molar-refractivity contribution < 1.29 is 28.2 Å². The van der Waals surface area contributed by atoms with Crippen molar-refractivity contribution in [2.45, 2.75) is 6.92 Å². The Morgan fingerprint density at radius 3 is 2.45 bits per heavy atom. The molecule has 0 bridgehead atoms. The number of benzene rings is 1. The lowest BCUT2D eigenvalue weighted by Crippen LogP contribution is -2.21. The molecule has 0 saturated heterocycles. The van der Waals surface area contributed by atoms with Gasteiger partial charge in [0, 0.05) is 11.8 Å². The zero-order chi connectivity index (χ0) is 21.9. The van der Waals surface area contributed by atoms with E-state index in [1.807, 2.05) is 0 Å². The van der Waals surface area contributed by atoms with Gasteiger partial charge < -0.3 is 19.9 Å². The number of nitrogens with zero attached hydrogens (tertiary/aromatic N) is 2. The number of nitrogen functional groups attached to an aromatic ring is 1. The molecule has 0 aliphatic carbocycles. The number of halogens is 2. The fourth-order valence-electron chi connectivity index (χ4n) is 2.65. The van der Waals surface area contributed by atoms with E-state index in [1.165, 1.54) is 32.5 Å². The lowest BCUT2D eigenvalue weighted by molar-refractivity contribution is -0.132. The molecular weight excluding hydrogens is 405 g/mol. The van der Waals surface area contributed by atoms with E-state index in [-0.39, 0.29) is 39.1 Å². The van der Waals surface area contributed by atoms with Gasteiger partial charge in [0.2, 0.25) is 0 Å². The maximum Gasteiger partial charge on any atom is 0.419 e. The van der Waals surface area contributed by atoms with E-state index in [4.69, 9.17) is 26.8 Å². The Kier molecular flexibility index (Phi) is 6.65. The highest BCUT2D eigenvalue weighted by molar-refractivity contribution is 6.45. The van der Waals surface area contributed by atoms with Gasteiger partial charge in [-0.15, -0.1) is 0 Å². The first-order valence-corrected chi connectivity index (χ1v) is 8.50. The number of hydrogen-bond acceptors (Lipinski definition) is 7. The molecule has 154 valence electrons. The summed E-state index contributed by atoms with van der Waals surface area (Å²) in [4.78, 5) is 28.4. The number of rotatable bonds is 5. The molecule has 1 aromatic carbocycles. The van der Waals surface area contributed by atoms with E-state index in [9.17, 15) is 14.0 Å². The quantitative estimate of drug-likeness (QED) is 0.583. The number of methoxy groups -OCH3 is 3. The normalized spacial score (nSPS) is 11.2. The summed E-state index contributed by atoms with van der Waals surface area (Å²) in [6, 6.07) is 2.75. The maximum atomic E-state index is 14.7. The monoisotopic (exact) mass is 423 g/mol. The Labute approximate surface area is 171 Å². The van der Waals surface area contributed by atoms with Gasteiger partial charge in [-0.05, 0) is 24.6 Å². The Morgan fingerprint density at radius 1 is 1.24 bits per heavy atom. The third-order valence-corrected chi connectivity index (χ3v) is 4.33. The third-order valence-electron chi connectivity index (χ3n) is 4.03. The Balaban J connectivity index is 2.65. The van der Waals surface area contributed by atoms with Crippen LogP contribution in [0.15, 0.2) is 29.9 Å². The molecule has 0 amide bonds. The van der Waals surface area contributed by atoms with Crippen molar-refractivity contribution in [3.8, 4) is 5.75 Å². The minimum Gasteiger partial charge on any atom is -0.492 e. The summed E-state index contributed by atoms with van der Waals surface area (Å²) in [5, 5.41) is 0.0639. The molecule has 0 unspecified atom stereocenters. The van der Waals surface area contributed by atoms with Crippen molar-refractivity contribution in [2.75, 3.05) is 27.1 Å². The molecule has 0 fully saturated rings. The first-order chi connectivity index (χ1) is 13.7. The number of aryl methyl sites for hydroxylation is 1. The second-order valence-electron chi connectivity index (χ2n) is 5.75. The summed E-state index contributed by atoms with van der Waals surface area (Å²) in [7, 11) is 3.60. The lowest BCUT2D eigenvalue weighted by atomic mass is 10.1. The van der Waals surface area contributed by atoms with E-state index in [0.29, 0.717) is 5.56 Å². The first kappa shape index (κ1) is 22.0. The molecular formula is C19H19ClFN3O5. The molecule has 0 aliphatic rings. The van der Waals surface area contributed by atoms with E-state index in [2.05, 4.69) is 16.3 Å². The van der Waals surface area contributed by atoms with Gasteiger partial charge in [0.25, 0.3) is 0 Å². The van der Waals surface area contributed by atoms with Crippen LogP contribution in [0, 0.1) is 12.7 Å². The fraction of sp³-hybridized carbons (Fsp3) is 0.211. The SMILES string of the molecule is C=C(N=C(C(=O)OC)c1c(C)cn(C(=O)OC)c1N)c1ccc(Cl)c(OC)c1F. The van der Waals surface area contributed by atoms with Crippen LogP contribution < -0.4 is 10.5 Å². The molecule has 0 saturated carbocycles. The van der Waals surface area contributed by atoms with Crippen LogP contribution in [0.3, 0.4) is 0 Å². The van der Waals surface area contributed by atoms with Gasteiger partial charge in [0.1, 0.15) is 5.82 Å². The van der Waals surface area contributed by atoms with E-state index >= 15 is 0 Å². The number of aliphatic imine (C=N–C) groups is 1. The highest BCUT2D eigenvalue weighted by Gasteiger charge is 2.26. The predicted octanol–water partition coefficient (Wildman–Crippen LogP) is 3.43. The van der Waals surface area contributed by atoms with Crippen molar-refractivity contribution in [3.05, 3.63) is 52.4 Å². The Morgan fingerprint density at radius 2 is 1.90 bits per heavy atom. The summed E-state index contributed by atoms with van der Waals surface area (Å²) in [5.41, 5.74) is 6.17. The van der Waals surface area contributed by atoms with Crippen molar-refractivity contribution >= 4 is 40.9 Å². The molecule has 2 rings (SSSR count). The highest BCUT2D eigenvalue weighted by Crippen LogP contribution is 2.33. The fourth-order valence-corrected chi connectivity index (χ4v) is 2.87. The molecule has 0 radical (unpaired) electrons. The highest BCUT2D eigenvalue weighted by atomic mass is 35.5. The molecule has 10 heteroatoms. The second kappa shape index (κ2) is 8.78. The molecule has 1 heterocycles. The summed E-state index contributed by atoms with van der Waals surface area (Å²) in [6.45, 7) is 5.33. The molecule has 2 aromatic rings. The molecule has 2 N–H and O–H groups in total. The van der Waals surface area contributed by atoms with Crippen molar-refractivity contribution in [2.24, 2.45) is 4.99 Å². The van der Waals surface area contributed by atoms with Gasteiger partial charge in [-0.25, -0.2) is 23.5 Å².